The zero-order chi connectivity index (χ0) is 14.0. The Hall–Kier alpha value is -1.82. The van der Waals surface area contributed by atoms with E-state index in [-0.39, 0.29) is 12.5 Å². The van der Waals surface area contributed by atoms with Gasteiger partial charge in [-0.2, -0.15) is 5.10 Å². The third kappa shape index (κ3) is 2.96. The van der Waals surface area contributed by atoms with Crippen molar-refractivity contribution in [2.24, 2.45) is 0 Å². The van der Waals surface area contributed by atoms with Crippen LogP contribution >= 0.6 is 11.3 Å². The van der Waals surface area contributed by atoms with Gasteiger partial charge in [0.15, 0.2) is 0 Å². The molecule has 102 valence electrons. The lowest BCUT2D eigenvalue weighted by molar-refractivity contribution is -0.122. The molecule has 2 heterocycles. The van der Waals surface area contributed by atoms with Crippen LogP contribution < -0.4 is 11.1 Å². The highest BCUT2D eigenvalue weighted by Crippen LogP contribution is 2.16. The van der Waals surface area contributed by atoms with E-state index in [0.717, 1.165) is 11.4 Å². The Balaban J connectivity index is 1.94. The number of carbonyl (C=O) groups excluding carboxylic acids is 1. The molecule has 0 saturated carbocycles. The average molecular weight is 278 g/mol. The molecule has 0 saturated heterocycles. The highest BCUT2D eigenvalue weighted by molar-refractivity contribution is 7.10. The van der Waals surface area contributed by atoms with Crippen molar-refractivity contribution in [1.29, 1.82) is 0 Å². The molecule has 19 heavy (non-hydrogen) atoms. The molecule has 0 bridgehead atoms. The summed E-state index contributed by atoms with van der Waals surface area (Å²) >= 11 is 1.65. The van der Waals surface area contributed by atoms with Crippen molar-refractivity contribution in [1.82, 2.24) is 15.1 Å². The van der Waals surface area contributed by atoms with Gasteiger partial charge in [-0.15, -0.1) is 11.3 Å². The van der Waals surface area contributed by atoms with Gasteiger partial charge in [0.25, 0.3) is 0 Å². The van der Waals surface area contributed by atoms with E-state index in [4.69, 9.17) is 5.73 Å². The van der Waals surface area contributed by atoms with E-state index in [9.17, 15) is 4.79 Å². The van der Waals surface area contributed by atoms with Crippen LogP contribution in [-0.4, -0.2) is 15.7 Å². The number of rotatable bonds is 4. The largest absolute Gasteiger partial charge is 0.396 e. The van der Waals surface area contributed by atoms with Crippen molar-refractivity contribution in [3.63, 3.8) is 0 Å². The summed E-state index contributed by atoms with van der Waals surface area (Å²) in [5, 5.41) is 9.17. The van der Waals surface area contributed by atoms with Crippen molar-refractivity contribution >= 4 is 22.9 Å². The zero-order valence-corrected chi connectivity index (χ0v) is 12.2. The van der Waals surface area contributed by atoms with Crippen LogP contribution in [0.25, 0.3) is 0 Å². The number of nitrogens with one attached hydrogen (secondary N) is 1. The lowest BCUT2D eigenvalue weighted by atomic mass is 10.3. The van der Waals surface area contributed by atoms with Gasteiger partial charge in [-0.3, -0.25) is 9.48 Å². The molecule has 0 aliphatic carbocycles. The van der Waals surface area contributed by atoms with Crippen molar-refractivity contribution in [2.75, 3.05) is 5.73 Å². The second-order valence-electron chi connectivity index (χ2n) is 4.55. The monoisotopic (exact) mass is 278 g/mol. The standard InChI is InChI=1S/C13H18N4OS/c1-8-4-5-19-11(8)6-15-12(18)7-17-10(3)13(14)9(2)16-17/h4-5H,6-7,14H2,1-3H3,(H,15,18). The summed E-state index contributed by atoms with van der Waals surface area (Å²) in [6, 6.07) is 2.05. The fourth-order valence-corrected chi connectivity index (χ4v) is 2.67. The molecule has 0 spiro atoms. The number of amides is 1. The Kier molecular flexibility index (Phi) is 3.90. The van der Waals surface area contributed by atoms with Crippen LogP contribution in [0.3, 0.4) is 0 Å². The van der Waals surface area contributed by atoms with E-state index in [1.807, 2.05) is 32.2 Å². The van der Waals surface area contributed by atoms with E-state index >= 15 is 0 Å². The smallest absolute Gasteiger partial charge is 0.242 e. The molecule has 0 unspecified atom stereocenters. The van der Waals surface area contributed by atoms with Gasteiger partial charge >= 0.3 is 0 Å². The number of thiophene rings is 1. The fourth-order valence-electron chi connectivity index (χ4n) is 1.82. The van der Waals surface area contributed by atoms with Gasteiger partial charge < -0.3 is 11.1 Å². The minimum atomic E-state index is -0.0570. The molecule has 0 atom stereocenters. The number of aryl methyl sites for hydroxylation is 2. The number of nitrogens with zero attached hydrogens (tertiary/aromatic N) is 2. The Bertz CT molecular complexity index is 600. The number of aromatic nitrogens is 2. The van der Waals surface area contributed by atoms with Crippen LogP contribution in [0.2, 0.25) is 0 Å². The molecule has 3 N–H and O–H groups in total. The second-order valence-corrected chi connectivity index (χ2v) is 5.55. The highest BCUT2D eigenvalue weighted by atomic mass is 32.1. The molecule has 0 fully saturated rings. The SMILES string of the molecule is Cc1ccsc1CNC(=O)Cn1nc(C)c(N)c1C. The lowest BCUT2D eigenvalue weighted by Gasteiger charge is -2.06. The number of hydrogen-bond donors (Lipinski definition) is 2. The van der Waals surface area contributed by atoms with Gasteiger partial charge in [0, 0.05) is 4.88 Å². The number of carbonyl (C=O) groups is 1. The Morgan fingerprint density at radius 1 is 1.47 bits per heavy atom. The third-order valence-corrected chi connectivity index (χ3v) is 4.17. The number of nitrogens with two attached hydrogens (primary N) is 1. The van der Waals surface area contributed by atoms with Crippen LogP contribution in [0.15, 0.2) is 11.4 Å². The summed E-state index contributed by atoms with van der Waals surface area (Å²) in [6.45, 7) is 6.52. The summed E-state index contributed by atoms with van der Waals surface area (Å²) in [4.78, 5) is 13.1. The minimum Gasteiger partial charge on any atom is -0.396 e. The van der Waals surface area contributed by atoms with Gasteiger partial charge in [0.1, 0.15) is 6.54 Å². The van der Waals surface area contributed by atoms with Gasteiger partial charge in [0.2, 0.25) is 5.91 Å². The topological polar surface area (TPSA) is 72.9 Å². The molecule has 2 aromatic rings. The average Bonchev–Trinajstić information content (AvgIpc) is 2.87. The normalized spacial score (nSPS) is 10.7. The Morgan fingerprint density at radius 3 is 2.74 bits per heavy atom. The van der Waals surface area contributed by atoms with Crippen molar-refractivity contribution in [3.8, 4) is 0 Å². The van der Waals surface area contributed by atoms with Gasteiger partial charge in [-0.05, 0) is 37.8 Å². The van der Waals surface area contributed by atoms with E-state index in [1.165, 1.54) is 10.4 Å². The van der Waals surface area contributed by atoms with E-state index in [0.29, 0.717) is 12.2 Å². The van der Waals surface area contributed by atoms with Crippen LogP contribution in [-0.2, 0) is 17.9 Å². The number of anilines is 1. The highest BCUT2D eigenvalue weighted by Gasteiger charge is 2.11. The van der Waals surface area contributed by atoms with Crippen LogP contribution in [0.5, 0.6) is 0 Å². The first-order chi connectivity index (χ1) is 8.99. The molecule has 5 nitrogen and oxygen atoms in total. The predicted octanol–water partition coefficient (Wildman–Crippen LogP) is 1.77. The molecule has 2 rings (SSSR count). The third-order valence-electron chi connectivity index (χ3n) is 3.15. The predicted molar refractivity (Wildman–Crippen MR) is 77.0 cm³/mol. The molecule has 0 aromatic carbocycles. The van der Waals surface area contributed by atoms with Crippen LogP contribution in [0.4, 0.5) is 5.69 Å². The second kappa shape index (κ2) is 5.44. The van der Waals surface area contributed by atoms with Crippen LogP contribution in [0, 0.1) is 20.8 Å². The van der Waals surface area contributed by atoms with Crippen LogP contribution in [0.1, 0.15) is 21.8 Å². The minimum absolute atomic E-state index is 0.0570. The lowest BCUT2D eigenvalue weighted by Crippen LogP contribution is -2.27. The maximum atomic E-state index is 11.9. The number of hydrogen-bond acceptors (Lipinski definition) is 4. The molecular formula is C13H18N4OS. The molecule has 0 aliphatic heterocycles. The van der Waals surface area contributed by atoms with Crippen molar-refractivity contribution < 1.29 is 4.79 Å². The van der Waals surface area contributed by atoms with Gasteiger partial charge in [0.05, 0.1) is 23.6 Å². The Labute approximate surface area is 116 Å². The summed E-state index contributed by atoms with van der Waals surface area (Å²) in [6.07, 6.45) is 0. The quantitative estimate of drug-likeness (QED) is 0.895. The first kappa shape index (κ1) is 13.6. The molecule has 0 aliphatic rings. The van der Waals surface area contributed by atoms with Gasteiger partial charge in [-0.1, -0.05) is 0 Å². The van der Waals surface area contributed by atoms with Gasteiger partial charge in [-0.25, -0.2) is 0 Å². The molecular weight excluding hydrogens is 260 g/mol. The summed E-state index contributed by atoms with van der Waals surface area (Å²) in [5.41, 5.74) is 9.30. The molecule has 6 heteroatoms. The van der Waals surface area contributed by atoms with E-state index < -0.39 is 0 Å². The van der Waals surface area contributed by atoms with Crippen molar-refractivity contribution in [2.45, 2.75) is 33.9 Å². The van der Waals surface area contributed by atoms with E-state index in [1.54, 1.807) is 16.0 Å². The molecule has 0 radical (unpaired) electrons. The summed E-state index contributed by atoms with van der Waals surface area (Å²) in [7, 11) is 0. The van der Waals surface area contributed by atoms with E-state index in [2.05, 4.69) is 10.4 Å². The molecule has 1 amide bonds. The maximum Gasteiger partial charge on any atom is 0.242 e. The first-order valence-electron chi connectivity index (χ1n) is 6.08. The number of nitrogen functional groups attached to an aromatic ring is 1. The fraction of sp³-hybridized carbons (Fsp3) is 0.385. The maximum absolute atomic E-state index is 11.9. The summed E-state index contributed by atoms with van der Waals surface area (Å²) in [5.74, 6) is -0.0570. The summed E-state index contributed by atoms with van der Waals surface area (Å²) < 4.78 is 1.64. The zero-order valence-electron chi connectivity index (χ0n) is 11.4. The van der Waals surface area contributed by atoms with Crippen molar-refractivity contribution in [3.05, 3.63) is 33.3 Å². The molecule has 2 aromatic heterocycles. The first-order valence-corrected chi connectivity index (χ1v) is 6.96. The Morgan fingerprint density at radius 2 is 2.21 bits per heavy atom.